The van der Waals surface area contributed by atoms with Crippen molar-refractivity contribution < 1.29 is 13.2 Å². The lowest BCUT2D eigenvalue weighted by Crippen LogP contribution is -2.06. The molecule has 0 atom stereocenters. The summed E-state index contributed by atoms with van der Waals surface area (Å²) in [5.74, 6) is 0. The molecule has 0 fully saturated rings. The average molecular weight is 240 g/mol. The molecule has 1 N–H and O–H groups in total. The Bertz CT molecular complexity index is 514. The lowest BCUT2D eigenvalue weighted by atomic mass is 10.0. The molecular weight excluding hydrogens is 229 g/mol. The van der Waals surface area contributed by atoms with E-state index in [1.54, 1.807) is 12.1 Å². The predicted molar refractivity (Wildman–Crippen MR) is 58.4 cm³/mol. The third-order valence-corrected chi connectivity index (χ3v) is 2.52. The smallest absolute Gasteiger partial charge is 0.282 e. The van der Waals surface area contributed by atoms with E-state index in [1.165, 1.54) is 12.1 Å². The number of benzene rings is 1. The Morgan fingerprint density at radius 1 is 1.24 bits per heavy atom. The maximum absolute atomic E-state index is 12.8. The van der Waals surface area contributed by atoms with Crippen LogP contribution in [0.15, 0.2) is 30.3 Å². The number of rotatable bonds is 2. The molecule has 0 amide bonds. The van der Waals surface area contributed by atoms with E-state index in [9.17, 15) is 13.2 Å². The van der Waals surface area contributed by atoms with E-state index in [1.807, 2.05) is 6.92 Å². The zero-order valence-corrected chi connectivity index (χ0v) is 9.17. The summed E-state index contributed by atoms with van der Waals surface area (Å²) < 4.78 is 38.4. The monoisotopic (exact) mass is 240 g/mol. The zero-order chi connectivity index (χ0) is 12.5. The molecule has 0 bridgehead atoms. The molecule has 5 heteroatoms. The predicted octanol–water partition coefficient (Wildman–Crippen LogP) is 3.66. The number of halogens is 3. The number of nitrogens with zero attached hydrogens (tertiary/aromatic N) is 1. The van der Waals surface area contributed by atoms with Crippen LogP contribution in [-0.2, 0) is 12.6 Å². The minimum atomic E-state index is -4.36. The van der Waals surface area contributed by atoms with E-state index in [2.05, 4.69) is 10.2 Å². The second kappa shape index (κ2) is 4.24. The number of aromatic nitrogens is 2. The molecule has 0 aliphatic heterocycles. The molecule has 1 aromatic carbocycles. The highest BCUT2D eigenvalue weighted by Crippen LogP contribution is 2.36. The fourth-order valence-corrected chi connectivity index (χ4v) is 1.63. The number of H-pyrrole nitrogens is 1. The van der Waals surface area contributed by atoms with Crippen molar-refractivity contribution in [2.75, 3.05) is 0 Å². The van der Waals surface area contributed by atoms with Crippen molar-refractivity contribution in [1.82, 2.24) is 10.2 Å². The van der Waals surface area contributed by atoms with Gasteiger partial charge in [-0.2, -0.15) is 18.3 Å². The molecule has 1 aromatic heterocycles. The number of hydrogen-bond donors (Lipinski definition) is 1. The fraction of sp³-hybridized carbons (Fsp3) is 0.250. The summed E-state index contributed by atoms with van der Waals surface area (Å²) in [6, 6.07) is 7.09. The molecular formula is C12H11F3N2. The van der Waals surface area contributed by atoms with Crippen LogP contribution in [0.25, 0.3) is 11.3 Å². The van der Waals surface area contributed by atoms with Gasteiger partial charge in [-0.05, 0) is 18.6 Å². The zero-order valence-electron chi connectivity index (χ0n) is 9.17. The van der Waals surface area contributed by atoms with Gasteiger partial charge in [-0.1, -0.05) is 25.1 Å². The molecule has 0 radical (unpaired) electrons. The minimum absolute atomic E-state index is 0.107. The number of hydrogen-bond acceptors (Lipinski definition) is 1. The van der Waals surface area contributed by atoms with Crippen LogP contribution < -0.4 is 0 Å². The van der Waals surface area contributed by atoms with Crippen LogP contribution in [0.2, 0.25) is 0 Å². The van der Waals surface area contributed by atoms with Crippen molar-refractivity contribution in [3.63, 3.8) is 0 Å². The Kier molecular flexibility index (Phi) is 2.92. The summed E-state index contributed by atoms with van der Waals surface area (Å²) in [6.07, 6.45) is -3.65. The molecule has 17 heavy (non-hydrogen) atoms. The van der Waals surface area contributed by atoms with Crippen molar-refractivity contribution in [3.8, 4) is 11.3 Å². The Balaban J connectivity index is 2.52. The number of alkyl halides is 3. The van der Waals surface area contributed by atoms with Crippen molar-refractivity contribution in [2.45, 2.75) is 19.5 Å². The van der Waals surface area contributed by atoms with Crippen LogP contribution in [0.4, 0.5) is 13.2 Å². The van der Waals surface area contributed by atoms with E-state index >= 15 is 0 Å². The van der Waals surface area contributed by atoms with Crippen LogP contribution in [0, 0.1) is 0 Å². The van der Waals surface area contributed by atoms with Gasteiger partial charge in [-0.3, -0.25) is 5.10 Å². The highest BCUT2D eigenvalue weighted by molar-refractivity contribution is 5.64. The maximum Gasteiger partial charge on any atom is 0.417 e. The summed E-state index contributed by atoms with van der Waals surface area (Å²) in [5, 5.41) is 6.62. The van der Waals surface area contributed by atoms with Crippen molar-refractivity contribution in [3.05, 3.63) is 41.6 Å². The van der Waals surface area contributed by atoms with E-state index in [0.717, 1.165) is 11.8 Å². The van der Waals surface area contributed by atoms with Crippen LogP contribution in [-0.4, -0.2) is 10.2 Å². The summed E-state index contributed by atoms with van der Waals surface area (Å²) in [5.41, 5.74) is 0.594. The molecule has 0 saturated carbocycles. The number of aryl methyl sites for hydroxylation is 1. The molecule has 2 nitrogen and oxygen atoms in total. The first-order chi connectivity index (χ1) is 8.02. The largest absolute Gasteiger partial charge is 0.417 e. The van der Waals surface area contributed by atoms with Crippen LogP contribution in [0.3, 0.4) is 0 Å². The van der Waals surface area contributed by atoms with Crippen LogP contribution in [0.5, 0.6) is 0 Å². The molecule has 0 spiro atoms. The quantitative estimate of drug-likeness (QED) is 0.852. The summed E-state index contributed by atoms with van der Waals surface area (Å²) >= 11 is 0. The second-order valence-electron chi connectivity index (χ2n) is 3.68. The number of nitrogens with one attached hydrogen (secondary N) is 1. The van der Waals surface area contributed by atoms with Gasteiger partial charge >= 0.3 is 6.18 Å². The van der Waals surface area contributed by atoms with E-state index < -0.39 is 11.7 Å². The Labute approximate surface area is 96.5 Å². The number of aromatic amines is 1. The highest BCUT2D eigenvalue weighted by Gasteiger charge is 2.33. The summed E-state index contributed by atoms with van der Waals surface area (Å²) in [6.45, 7) is 1.91. The molecule has 1 heterocycles. The third-order valence-electron chi connectivity index (χ3n) is 2.52. The summed E-state index contributed by atoms with van der Waals surface area (Å²) in [7, 11) is 0. The molecule has 2 rings (SSSR count). The third kappa shape index (κ3) is 2.33. The second-order valence-corrected chi connectivity index (χ2v) is 3.68. The highest BCUT2D eigenvalue weighted by atomic mass is 19.4. The van der Waals surface area contributed by atoms with Gasteiger partial charge in [0.15, 0.2) is 0 Å². The molecule has 0 saturated heterocycles. The van der Waals surface area contributed by atoms with Gasteiger partial charge in [-0.15, -0.1) is 0 Å². The molecule has 0 unspecified atom stereocenters. The van der Waals surface area contributed by atoms with Gasteiger partial charge in [0.25, 0.3) is 0 Å². The van der Waals surface area contributed by atoms with E-state index in [0.29, 0.717) is 12.1 Å². The van der Waals surface area contributed by atoms with E-state index in [4.69, 9.17) is 0 Å². The van der Waals surface area contributed by atoms with Gasteiger partial charge in [-0.25, -0.2) is 0 Å². The van der Waals surface area contributed by atoms with Crippen molar-refractivity contribution >= 4 is 0 Å². The lowest BCUT2D eigenvalue weighted by Gasteiger charge is -2.10. The Morgan fingerprint density at radius 3 is 2.53 bits per heavy atom. The van der Waals surface area contributed by atoms with Gasteiger partial charge in [0, 0.05) is 11.3 Å². The Morgan fingerprint density at radius 2 is 1.94 bits per heavy atom. The normalized spacial score (nSPS) is 11.8. The van der Waals surface area contributed by atoms with Crippen LogP contribution >= 0.6 is 0 Å². The maximum atomic E-state index is 12.8. The lowest BCUT2D eigenvalue weighted by molar-refractivity contribution is -0.137. The molecule has 0 aliphatic rings. The van der Waals surface area contributed by atoms with Crippen LogP contribution in [0.1, 0.15) is 18.2 Å². The van der Waals surface area contributed by atoms with Gasteiger partial charge in [0.05, 0.1) is 11.3 Å². The first-order valence-electron chi connectivity index (χ1n) is 5.23. The van der Waals surface area contributed by atoms with E-state index in [-0.39, 0.29) is 5.56 Å². The molecule has 0 aliphatic carbocycles. The van der Waals surface area contributed by atoms with Gasteiger partial charge in [0.1, 0.15) is 0 Å². The fourth-order valence-electron chi connectivity index (χ4n) is 1.63. The first kappa shape index (κ1) is 11.7. The average Bonchev–Trinajstić information content (AvgIpc) is 2.76. The van der Waals surface area contributed by atoms with Gasteiger partial charge in [0.2, 0.25) is 0 Å². The standard InChI is InChI=1S/C12H11F3N2/c1-2-8-7-11(17-16-8)9-5-3-4-6-10(9)12(13,14)15/h3-7H,2H2,1H3,(H,16,17). The van der Waals surface area contributed by atoms with Crippen molar-refractivity contribution in [2.24, 2.45) is 0 Å². The Hall–Kier alpha value is -1.78. The SMILES string of the molecule is CCc1cc(-c2ccccc2C(F)(F)F)n[nH]1. The minimum Gasteiger partial charge on any atom is -0.282 e. The first-order valence-corrected chi connectivity index (χ1v) is 5.23. The van der Waals surface area contributed by atoms with Gasteiger partial charge < -0.3 is 0 Å². The topological polar surface area (TPSA) is 28.7 Å². The van der Waals surface area contributed by atoms with Crippen molar-refractivity contribution in [1.29, 1.82) is 0 Å². The molecule has 90 valence electrons. The summed E-state index contributed by atoms with van der Waals surface area (Å²) in [4.78, 5) is 0. The molecule has 2 aromatic rings.